The van der Waals surface area contributed by atoms with Crippen LogP contribution < -0.4 is 0 Å². The lowest BCUT2D eigenvalue weighted by atomic mass is 9.88. The number of nitrogens with zero attached hydrogens (tertiary/aromatic N) is 4. The Morgan fingerprint density at radius 1 is 0.565 bits per heavy atom. The van der Waals surface area contributed by atoms with Crippen LogP contribution in [0.25, 0.3) is 0 Å². The van der Waals surface area contributed by atoms with Crippen LogP contribution in [-0.2, 0) is 19.2 Å². The van der Waals surface area contributed by atoms with Crippen molar-refractivity contribution in [2.24, 2.45) is 11.8 Å². The summed E-state index contributed by atoms with van der Waals surface area (Å²) in [5.74, 6) is -5.75. The number of imide groups is 4. The highest BCUT2D eigenvalue weighted by molar-refractivity contribution is 6.18. The second-order valence-corrected chi connectivity index (χ2v) is 5.50. The number of hydrogen-bond donors (Lipinski definition) is 0. The molecule has 0 saturated carbocycles. The molecular weight excluding hydrogens is 308 g/mol. The number of amides is 8. The smallest absolute Gasteiger partial charge is 0.273 e. The van der Waals surface area contributed by atoms with Crippen LogP contribution in [0.5, 0.6) is 0 Å². The molecule has 124 valence electrons. The first-order chi connectivity index (χ1) is 10.6. The first-order valence-electron chi connectivity index (χ1n) is 6.77. The van der Waals surface area contributed by atoms with Gasteiger partial charge in [0.15, 0.2) is 0 Å². The summed E-state index contributed by atoms with van der Waals surface area (Å²) in [6.45, 7) is 0. The van der Waals surface area contributed by atoms with Crippen LogP contribution in [-0.4, -0.2) is 83.5 Å². The molecule has 0 aliphatic carbocycles. The van der Waals surface area contributed by atoms with Crippen molar-refractivity contribution in [1.29, 1.82) is 0 Å². The summed E-state index contributed by atoms with van der Waals surface area (Å²) in [5, 5.41) is 0. The van der Waals surface area contributed by atoms with Gasteiger partial charge < -0.3 is 0 Å². The molecule has 0 aromatic heterocycles. The van der Waals surface area contributed by atoms with Gasteiger partial charge in [-0.2, -0.15) is 0 Å². The van der Waals surface area contributed by atoms with Gasteiger partial charge in [-0.1, -0.05) is 0 Å². The van der Waals surface area contributed by atoms with E-state index in [1.54, 1.807) is 0 Å². The molecule has 2 aliphatic rings. The number of rotatable bonds is 2. The van der Waals surface area contributed by atoms with E-state index in [0.717, 1.165) is 19.6 Å². The predicted octanol–water partition coefficient (Wildman–Crippen LogP) is -1.29. The molecule has 23 heavy (non-hydrogen) atoms. The second-order valence-electron chi connectivity index (χ2n) is 5.50. The van der Waals surface area contributed by atoms with Crippen LogP contribution in [0.2, 0.25) is 0 Å². The predicted molar refractivity (Wildman–Crippen MR) is 73.5 cm³/mol. The quantitative estimate of drug-likeness (QED) is 0.584. The van der Waals surface area contributed by atoms with Crippen molar-refractivity contribution in [2.75, 3.05) is 28.2 Å². The molecule has 0 spiro atoms. The lowest BCUT2D eigenvalue weighted by Gasteiger charge is -2.37. The van der Waals surface area contributed by atoms with E-state index in [4.69, 9.17) is 0 Å². The molecule has 2 rings (SSSR count). The summed E-state index contributed by atoms with van der Waals surface area (Å²) in [6, 6.07) is -1.55. The molecule has 2 heterocycles. The van der Waals surface area contributed by atoms with Crippen LogP contribution in [0.3, 0.4) is 0 Å². The Labute approximate surface area is 131 Å². The van der Waals surface area contributed by atoms with Gasteiger partial charge in [0.2, 0.25) is 23.6 Å². The van der Waals surface area contributed by atoms with Crippen LogP contribution in [0.15, 0.2) is 0 Å². The fourth-order valence-corrected chi connectivity index (χ4v) is 2.61. The topological polar surface area (TPSA) is 115 Å². The lowest BCUT2D eigenvalue weighted by Crippen LogP contribution is -2.60. The van der Waals surface area contributed by atoms with E-state index in [0.29, 0.717) is 0 Å². The third-order valence-corrected chi connectivity index (χ3v) is 4.13. The van der Waals surface area contributed by atoms with Crippen molar-refractivity contribution in [3.05, 3.63) is 0 Å². The molecule has 0 aromatic rings. The van der Waals surface area contributed by atoms with E-state index in [1.807, 2.05) is 0 Å². The zero-order valence-corrected chi connectivity index (χ0v) is 13.1. The van der Waals surface area contributed by atoms with Crippen molar-refractivity contribution in [1.82, 2.24) is 19.6 Å². The molecule has 0 bridgehead atoms. The average Bonchev–Trinajstić information content (AvgIpc) is 2.54. The van der Waals surface area contributed by atoms with Crippen molar-refractivity contribution in [3.8, 4) is 0 Å². The third kappa shape index (κ3) is 2.35. The van der Waals surface area contributed by atoms with Gasteiger partial charge in [-0.25, -0.2) is 9.59 Å². The zero-order valence-electron chi connectivity index (χ0n) is 13.1. The van der Waals surface area contributed by atoms with Crippen LogP contribution >= 0.6 is 0 Å². The summed E-state index contributed by atoms with van der Waals surface area (Å²) in [6.07, 6.45) is -0.390. The SMILES string of the molecule is CN1C(=O)C(CC2C(=O)N(C)C(=O)N(C)C2=O)C(=O)N(C)C1=O. The van der Waals surface area contributed by atoms with Crippen molar-refractivity contribution in [3.63, 3.8) is 0 Å². The fraction of sp³-hybridized carbons (Fsp3) is 0.538. The van der Waals surface area contributed by atoms with Gasteiger partial charge in [0.1, 0.15) is 11.8 Å². The number of barbiturate groups is 2. The minimum Gasteiger partial charge on any atom is -0.273 e. The van der Waals surface area contributed by atoms with Crippen LogP contribution in [0.4, 0.5) is 9.59 Å². The summed E-state index contributed by atoms with van der Waals surface area (Å²) >= 11 is 0. The molecule has 0 radical (unpaired) electrons. The van der Waals surface area contributed by atoms with Crippen molar-refractivity contribution < 1.29 is 28.8 Å². The van der Waals surface area contributed by atoms with Gasteiger partial charge in [0.25, 0.3) is 0 Å². The maximum absolute atomic E-state index is 12.1. The van der Waals surface area contributed by atoms with E-state index >= 15 is 0 Å². The molecule has 10 nitrogen and oxygen atoms in total. The summed E-state index contributed by atoms with van der Waals surface area (Å²) in [5.41, 5.74) is 0. The Bertz CT molecular complexity index is 542. The number of carbonyl (C=O) groups is 6. The highest BCUT2D eigenvalue weighted by atomic mass is 16.2. The molecule has 2 saturated heterocycles. The van der Waals surface area contributed by atoms with Gasteiger partial charge in [-0.3, -0.25) is 38.8 Å². The van der Waals surface area contributed by atoms with Crippen molar-refractivity contribution in [2.45, 2.75) is 6.42 Å². The van der Waals surface area contributed by atoms with E-state index in [-0.39, 0.29) is 6.42 Å². The standard InChI is InChI=1S/C13H16N4O6/c1-14-8(18)6(9(19)15(2)12(14)22)5-7-10(20)16(3)13(23)17(4)11(7)21/h6-7H,5H2,1-4H3. The summed E-state index contributed by atoms with van der Waals surface area (Å²) in [7, 11) is 4.86. The fourth-order valence-electron chi connectivity index (χ4n) is 2.61. The molecule has 0 aromatic carbocycles. The van der Waals surface area contributed by atoms with Gasteiger partial charge in [-0.15, -0.1) is 0 Å². The first kappa shape index (κ1) is 16.6. The van der Waals surface area contributed by atoms with Gasteiger partial charge in [-0.05, 0) is 6.42 Å². The molecule has 2 fully saturated rings. The molecule has 8 amide bonds. The molecular formula is C13H16N4O6. The van der Waals surface area contributed by atoms with E-state index in [1.165, 1.54) is 28.2 Å². The zero-order chi connectivity index (χ0) is 17.6. The Morgan fingerprint density at radius 2 is 0.783 bits per heavy atom. The number of hydrogen-bond acceptors (Lipinski definition) is 6. The maximum Gasteiger partial charge on any atom is 0.332 e. The Balaban J connectivity index is 2.30. The molecule has 10 heteroatoms. The number of urea groups is 2. The molecule has 0 N–H and O–H groups in total. The molecule has 0 unspecified atom stereocenters. The third-order valence-electron chi connectivity index (χ3n) is 4.13. The highest BCUT2D eigenvalue weighted by Crippen LogP contribution is 2.27. The Morgan fingerprint density at radius 3 is 1.00 bits per heavy atom. The molecule has 0 atom stereocenters. The number of carbonyl (C=O) groups excluding carboxylic acids is 6. The minimum atomic E-state index is -1.32. The van der Waals surface area contributed by atoms with Crippen LogP contribution in [0.1, 0.15) is 6.42 Å². The van der Waals surface area contributed by atoms with E-state index in [9.17, 15) is 28.8 Å². The van der Waals surface area contributed by atoms with E-state index < -0.39 is 47.5 Å². The molecule has 2 aliphatic heterocycles. The van der Waals surface area contributed by atoms with Gasteiger partial charge in [0, 0.05) is 28.2 Å². The van der Waals surface area contributed by atoms with Gasteiger partial charge in [0.05, 0.1) is 0 Å². The van der Waals surface area contributed by atoms with Crippen molar-refractivity contribution >= 4 is 35.7 Å². The minimum absolute atomic E-state index is 0.390. The summed E-state index contributed by atoms with van der Waals surface area (Å²) < 4.78 is 0. The average molecular weight is 324 g/mol. The van der Waals surface area contributed by atoms with Gasteiger partial charge >= 0.3 is 12.1 Å². The maximum atomic E-state index is 12.1. The first-order valence-corrected chi connectivity index (χ1v) is 6.77. The van der Waals surface area contributed by atoms with Crippen LogP contribution in [0, 0.1) is 11.8 Å². The Hall–Kier alpha value is -2.78. The second kappa shape index (κ2) is 5.45. The Kier molecular flexibility index (Phi) is 3.93. The normalized spacial score (nSPS) is 21.9. The lowest BCUT2D eigenvalue weighted by molar-refractivity contribution is -0.152. The highest BCUT2D eigenvalue weighted by Gasteiger charge is 2.49. The monoisotopic (exact) mass is 324 g/mol. The largest absolute Gasteiger partial charge is 0.332 e. The summed E-state index contributed by atoms with van der Waals surface area (Å²) in [4.78, 5) is 75.0. The van der Waals surface area contributed by atoms with E-state index in [2.05, 4.69) is 0 Å².